The molecule has 8 nitrogen and oxygen atoms in total. The zero-order chi connectivity index (χ0) is 13.9. The van der Waals surface area contributed by atoms with Crippen molar-refractivity contribution in [3.8, 4) is 0 Å². The summed E-state index contributed by atoms with van der Waals surface area (Å²) in [5.41, 5.74) is 0. The Kier molecular flexibility index (Phi) is 4.17. The van der Waals surface area contributed by atoms with E-state index in [0.717, 1.165) is 17.6 Å². The molecule has 1 fully saturated rings. The van der Waals surface area contributed by atoms with E-state index in [1.807, 2.05) is 0 Å². The molecular weight excluding hydrogens is 272 g/mol. The second-order valence-electron chi connectivity index (χ2n) is 4.27. The molecule has 0 bridgehead atoms. The topological polar surface area (TPSA) is 105 Å². The highest BCUT2D eigenvalue weighted by Gasteiger charge is 2.26. The molecule has 2 heterocycles. The third kappa shape index (κ3) is 3.31. The molecule has 0 atom stereocenters. The fourth-order valence-corrected chi connectivity index (χ4v) is 3.35. The molecule has 2 N–H and O–H groups in total. The van der Waals surface area contributed by atoms with Crippen LogP contribution in [0.4, 0.5) is 0 Å². The van der Waals surface area contributed by atoms with E-state index in [-0.39, 0.29) is 11.4 Å². The van der Waals surface area contributed by atoms with Gasteiger partial charge in [0.2, 0.25) is 10.0 Å². The zero-order valence-electron chi connectivity index (χ0n) is 10.3. The third-order valence-electron chi connectivity index (χ3n) is 2.84. The summed E-state index contributed by atoms with van der Waals surface area (Å²) >= 11 is 0. The lowest BCUT2D eigenvalue weighted by Gasteiger charge is -2.18. The van der Waals surface area contributed by atoms with Crippen LogP contribution in [0.25, 0.3) is 0 Å². The number of nitrogens with one attached hydrogen (secondary N) is 1. The second kappa shape index (κ2) is 5.68. The Bertz CT molecular complexity index is 546. The maximum Gasteiger partial charge on any atom is 0.325 e. The van der Waals surface area contributed by atoms with Crippen molar-refractivity contribution in [1.82, 2.24) is 19.4 Å². The molecule has 0 saturated carbocycles. The van der Waals surface area contributed by atoms with Gasteiger partial charge in [0.1, 0.15) is 11.4 Å². The van der Waals surface area contributed by atoms with Gasteiger partial charge in [-0.1, -0.05) is 0 Å². The third-order valence-corrected chi connectivity index (χ3v) is 4.70. The maximum atomic E-state index is 12.3. The Morgan fingerprint density at radius 3 is 2.95 bits per heavy atom. The van der Waals surface area contributed by atoms with E-state index in [4.69, 9.17) is 5.11 Å². The minimum Gasteiger partial charge on any atom is -0.480 e. The van der Waals surface area contributed by atoms with E-state index in [9.17, 15) is 13.2 Å². The van der Waals surface area contributed by atoms with Crippen LogP contribution in [0.15, 0.2) is 17.3 Å². The molecule has 0 aromatic carbocycles. The molecule has 1 aliphatic rings. The monoisotopic (exact) mass is 288 g/mol. The minimum atomic E-state index is -3.58. The zero-order valence-corrected chi connectivity index (χ0v) is 11.1. The first-order valence-corrected chi connectivity index (χ1v) is 7.39. The SMILES string of the molecule is O=C(O)Cn1cc(S(=O)(=O)N2CCCNCC2)cn1. The van der Waals surface area contributed by atoms with Gasteiger partial charge < -0.3 is 10.4 Å². The van der Waals surface area contributed by atoms with Crippen LogP contribution in [0.3, 0.4) is 0 Å². The predicted molar refractivity (Wildman–Crippen MR) is 66.1 cm³/mol. The standard InChI is InChI=1S/C10H16N4O4S/c15-10(16)8-13-7-9(6-12-13)19(17,18)14-4-1-2-11-3-5-14/h6-7,11H,1-5,8H2,(H,15,16). The first kappa shape index (κ1) is 14.0. The van der Waals surface area contributed by atoms with Crippen molar-refractivity contribution in [2.45, 2.75) is 17.9 Å². The van der Waals surface area contributed by atoms with Gasteiger partial charge >= 0.3 is 5.97 Å². The van der Waals surface area contributed by atoms with Gasteiger partial charge in [-0.15, -0.1) is 0 Å². The van der Waals surface area contributed by atoms with Gasteiger partial charge in [0.25, 0.3) is 0 Å². The normalized spacial score (nSPS) is 18.1. The van der Waals surface area contributed by atoms with Crippen LogP contribution in [0.5, 0.6) is 0 Å². The lowest BCUT2D eigenvalue weighted by Crippen LogP contribution is -2.34. The number of aromatic nitrogens is 2. The van der Waals surface area contributed by atoms with Crippen molar-refractivity contribution >= 4 is 16.0 Å². The molecule has 0 unspecified atom stereocenters. The summed E-state index contributed by atoms with van der Waals surface area (Å²) in [5, 5.41) is 15.5. The Morgan fingerprint density at radius 2 is 2.21 bits per heavy atom. The molecule has 19 heavy (non-hydrogen) atoms. The van der Waals surface area contributed by atoms with Crippen molar-refractivity contribution in [3.05, 3.63) is 12.4 Å². The molecule has 0 amide bonds. The molecule has 9 heteroatoms. The first-order valence-electron chi connectivity index (χ1n) is 5.95. The molecule has 106 valence electrons. The summed E-state index contributed by atoms with van der Waals surface area (Å²) in [6.45, 7) is 1.93. The number of rotatable bonds is 4. The van der Waals surface area contributed by atoms with Crippen molar-refractivity contribution in [3.63, 3.8) is 0 Å². The summed E-state index contributed by atoms with van der Waals surface area (Å²) in [6, 6.07) is 0. The molecule has 1 aromatic rings. The van der Waals surface area contributed by atoms with Gasteiger partial charge in [-0.3, -0.25) is 9.48 Å². The van der Waals surface area contributed by atoms with E-state index >= 15 is 0 Å². The summed E-state index contributed by atoms with van der Waals surface area (Å²) in [7, 11) is -3.58. The average molecular weight is 288 g/mol. The van der Waals surface area contributed by atoms with E-state index in [0.29, 0.717) is 19.6 Å². The number of nitrogens with zero attached hydrogens (tertiary/aromatic N) is 3. The Hall–Kier alpha value is -1.45. The number of carboxylic acid groups (broad SMARTS) is 1. The number of aliphatic carboxylic acids is 1. The van der Waals surface area contributed by atoms with Gasteiger partial charge in [-0.2, -0.15) is 9.40 Å². The molecule has 0 spiro atoms. The molecule has 0 radical (unpaired) electrons. The highest BCUT2D eigenvalue weighted by atomic mass is 32.2. The van der Waals surface area contributed by atoms with Crippen LogP contribution in [0.1, 0.15) is 6.42 Å². The van der Waals surface area contributed by atoms with Crippen LogP contribution in [-0.4, -0.2) is 59.8 Å². The van der Waals surface area contributed by atoms with Gasteiger partial charge in [0, 0.05) is 25.8 Å². The Morgan fingerprint density at radius 1 is 1.42 bits per heavy atom. The highest BCUT2D eigenvalue weighted by Crippen LogP contribution is 2.15. The summed E-state index contributed by atoms with van der Waals surface area (Å²) < 4.78 is 27.2. The molecule has 1 aromatic heterocycles. The molecular formula is C10H16N4O4S. The Labute approximate surface area is 111 Å². The number of carbonyl (C=O) groups is 1. The summed E-state index contributed by atoms with van der Waals surface area (Å²) in [4.78, 5) is 10.6. The lowest BCUT2D eigenvalue weighted by atomic mass is 10.4. The second-order valence-corrected chi connectivity index (χ2v) is 6.21. The molecule has 1 saturated heterocycles. The van der Waals surface area contributed by atoms with E-state index in [1.54, 1.807) is 0 Å². The van der Waals surface area contributed by atoms with E-state index in [1.165, 1.54) is 16.7 Å². The molecule has 2 rings (SSSR count). The smallest absolute Gasteiger partial charge is 0.325 e. The van der Waals surface area contributed by atoms with E-state index < -0.39 is 16.0 Å². The highest BCUT2D eigenvalue weighted by molar-refractivity contribution is 7.89. The summed E-state index contributed by atoms with van der Waals surface area (Å²) in [5.74, 6) is -1.06. The maximum absolute atomic E-state index is 12.3. The number of sulfonamides is 1. The first-order chi connectivity index (χ1) is 9.00. The van der Waals surface area contributed by atoms with Gasteiger partial charge in [-0.05, 0) is 13.0 Å². The largest absolute Gasteiger partial charge is 0.480 e. The van der Waals surface area contributed by atoms with Crippen LogP contribution in [0, 0.1) is 0 Å². The van der Waals surface area contributed by atoms with Crippen molar-refractivity contribution in [2.75, 3.05) is 26.2 Å². The van der Waals surface area contributed by atoms with E-state index in [2.05, 4.69) is 10.4 Å². The Balaban J connectivity index is 2.18. The van der Waals surface area contributed by atoms with Gasteiger partial charge in [0.15, 0.2) is 0 Å². The number of carboxylic acids is 1. The van der Waals surface area contributed by atoms with Gasteiger partial charge in [-0.25, -0.2) is 8.42 Å². The van der Waals surface area contributed by atoms with Crippen molar-refractivity contribution in [2.24, 2.45) is 0 Å². The van der Waals surface area contributed by atoms with Crippen LogP contribution < -0.4 is 5.32 Å². The number of hydrogen-bond donors (Lipinski definition) is 2. The average Bonchev–Trinajstić information content (AvgIpc) is 2.64. The van der Waals surface area contributed by atoms with Gasteiger partial charge in [0.05, 0.1) is 6.20 Å². The molecule has 0 aliphatic carbocycles. The van der Waals surface area contributed by atoms with Crippen molar-refractivity contribution < 1.29 is 18.3 Å². The minimum absolute atomic E-state index is 0.0376. The van der Waals surface area contributed by atoms with Crippen LogP contribution >= 0.6 is 0 Å². The predicted octanol–water partition coefficient (Wildman–Crippen LogP) is -1.05. The van der Waals surface area contributed by atoms with Crippen molar-refractivity contribution in [1.29, 1.82) is 0 Å². The number of hydrogen-bond acceptors (Lipinski definition) is 5. The fourth-order valence-electron chi connectivity index (χ4n) is 1.91. The summed E-state index contributed by atoms with van der Waals surface area (Å²) in [6.07, 6.45) is 3.20. The quantitative estimate of drug-likeness (QED) is 0.732. The lowest BCUT2D eigenvalue weighted by molar-refractivity contribution is -0.137. The van der Waals surface area contributed by atoms with Crippen LogP contribution in [-0.2, 0) is 21.4 Å². The van der Waals surface area contributed by atoms with Crippen LogP contribution in [0.2, 0.25) is 0 Å². The molecule has 1 aliphatic heterocycles. The fraction of sp³-hybridized carbons (Fsp3) is 0.600.